The highest BCUT2D eigenvalue weighted by atomic mass is 16.5. The summed E-state index contributed by atoms with van der Waals surface area (Å²) >= 11 is 0. The summed E-state index contributed by atoms with van der Waals surface area (Å²) < 4.78 is 4.02. The van der Waals surface area contributed by atoms with Crippen LogP contribution >= 0.6 is 0 Å². The van der Waals surface area contributed by atoms with Crippen LogP contribution in [0.1, 0.15) is 11.1 Å². The number of nitrogens with one attached hydrogen (secondary N) is 1. The molecule has 0 saturated carbocycles. The number of nitrogens with zero attached hydrogens (tertiary/aromatic N) is 1. The number of esters is 1. The molecule has 0 amide bonds. The van der Waals surface area contributed by atoms with Crippen LogP contribution in [-0.4, -0.2) is 38.3 Å². The van der Waals surface area contributed by atoms with Crippen molar-refractivity contribution in [1.82, 2.24) is 4.90 Å². The van der Waals surface area contributed by atoms with Crippen LogP contribution in [0.3, 0.4) is 0 Å². The lowest BCUT2D eigenvalue weighted by molar-refractivity contribution is -0.132. The molecule has 94 valence electrons. The quantitative estimate of drug-likeness (QED) is 0.644. The zero-order valence-electron chi connectivity index (χ0n) is 10.9. The van der Waals surface area contributed by atoms with Gasteiger partial charge in [0.25, 0.3) is 0 Å². The second kappa shape index (κ2) is 8.47. The van der Waals surface area contributed by atoms with Gasteiger partial charge in [0.15, 0.2) is 0 Å². The summed E-state index contributed by atoms with van der Waals surface area (Å²) in [5, 5.41) is 6.21. The minimum atomic E-state index is -0.616. The van der Waals surface area contributed by atoms with Crippen molar-refractivity contribution in [2.75, 3.05) is 21.2 Å². The maximum atomic E-state index is 9.72. The van der Waals surface area contributed by atoms with Crippen LogP contribution in [0.15, 0.2) is 24.3 Å². The van der Waals surface area contributed by atoms with Gasteiger partial charge in [-0.05, 0) is 26.6 Å². The normalized spacial score (nSPS) is 9.24. The Morgan fingerprint density at radius 1 is 1.35 bits per heavy atom. The van der Waals surface area contributed by atoms with E-state index < -0.39 is 5.97 Å². The van der Waals surface area contributed by atoms with Crippen LogP contribution in [0.25, 0.3) is 0 Å². The van der Waals surface area contributed by atoms with Crippen molar-refractivity contribution >= 4 is 12.2 Å². The molecule has 0 saturated heterocycles. The number of methoxy groups -OCH3 is 1. The molecule has 0 unspecified atom stereocenters. The van der Waals surface area contributed by atoms with Gasteiger partial charge in [-0.15, -0.1) is 0 Å². The number of ether oxygens (including phenoxy) is 1. The van der Waals surface area contributed by atoms with Crippen LogP contribution in [0.4, 0.5) is 0 Å². The SMILES string of the molecule is COC(=O)C=N.Cc1ccc(CN(C)C)cc1. The van der Waals surface area contributed by atoms with Crippen molar-refractivity contribution in [2.45, 2.75) is 13.5 Å². The molecule has 4 nitrogen and oxygen atoms in total. The predicted molar refractivity (Wildman–Crippen MR) is 69.4 cm³/mol. The third-order valence-corrected chi connectivity index (χ3v) is 1.94. The van der Waals surface area contributed by atoms with E-state index in [0.29, 0.717) is 6.21 Å². The van der Waals surface area contributed by atoms with Crippen LogP contribution < -0.4 is 0 Å². The number of hydrogen-bond donors (Lipinski definition) is 1. The standard InChI is InChI=1S/C10H15N.C3H5NO2/c1-9-4-6-10(7-5-9)8-11(2)3;1-6-3(5)2-4/h4-7H,8H2,1-3H3;2,4H,1H3. The molecule has 1 aromatic rings. The van der Waals surface area contributed by atoms with Crippen molar-refractivity contribution in [2.24, 2.45) is 0 Å². The molecule has 1 aromatic carbocycles. The first-order valence-electron chi connectivity index (χ1n) is 5.28. The van der Waals surface area contributed by atoms with E-state index in [-0.39, 0.29) is 0 Å². The molecule has 0 aliphatic carbocycles. The second-order valence-corrected chi connectivity index (χ2v) is 3.89. The summed E-state index contributed by atoms with van der Waals surface area (Å²) in [5.74, 6) is -0.616. The van der Waals surface area contributed by atoms with Gasteiger partial charge in [0.05, 0.1) is 7.11 Å². The minimum absolute atomic E-state index is 0.611. The summed E-state index contributed by atoms with van der Waals surface area (Å²) in [6.45, 7) is 3.14. The van der Waals surface area contributed by atoms with E-state index in [1.807, 2.05) is 0 Å². The maximum absolute atomic E-state index is 9.72. The maximum Gasteiger partial charge on any atom is 0.348 e. The number of aryl methyl sites for hydroxylation is 1. The molecular formula is C13H20N2O2. The molecule has 0 radical (unpaired) electrons. The lowest BCUT2D eigenvalue weighted by Crippen LogP contribution is -2.10. The predicted octanol–water partition coefficient (Wildman–Crippen LogP) is 1.87. The van der Waals surface area contributed by atoms with Crippen molar-refractivity contribution in [3.63, 3.8) is 0 Å². The largest absolute Gasteiger partial charge is 0.465 e. The average Bonchev–Trinajstić information content (AvgIpc) is 2.31. The van der Waals surface area contributed by atoms with Gasteiger partial charge in [-0.2, -0.15) is 0 Å². The van der Waals surface area contributed by atoms with Crippen molar-refractivity contribution in [3.05, 3.63) is 35.4 Å². The van der Waals surface area contributed by atoms with Crippen molar-refractivity contribution in [3.8, 4) is 0 Å². The van der Waals surface area contributed by atoms with Gasteiger partial charge in [-0.25, -0.2) is 4.79 Å². The molecule has 1 N–H and O–H groups in total. The van der Waals surface area contributed by atoms with Gasteiger partial charge in [-0.3, -0.25) is 0 Å². The highest BCUT2D eigenvalue weighted by molar-refractivity contribution is 6.21. The third-order valence-electron chi connectivity index (χ3n) is 1.94. The molecule has 0 atom stereocenters. The van der Waals surface area contributed by atoms with Gasteiger partial charge in [0.2, 0.25) is 0 Å². The van der Waals surface area contributed by atoms with E-state index in [0.717, 1.165) is 6.54 Å². The molecule has 1 rings (SSSR count). The van der Waals surface area contributed by atoms with E-state index in [1.165, 1.54) is 18.2 Å². The number of benzene rings is 1. The second-order valence-electron chi connectivity index (χ2n) is 3.89. The highest BCUT2D eigenvalue weighted by Gasteiger charge is 1.92. The third kappa shape index (κ3) is 8.16. The van der Waals surface area contributed by atoms with E-state index >= 15 is 0 Å². The Morgan fingerprint density at radius 3 is 2.18 bits per heavy atom. The molecule has 4 heteroatoms. The lowest BCUT2D eigenvalue weighted by Gasteiger charge is -2.08. The summed E-state index contributed by atoms with van der Waals surface area (Å²) in [4.78, 5) is 11.9. The van der Waals surface area contributed by atoms with Gasteiger partial charge >= 0.3 is 5.97 Å². The fourth-order valence-electron chi connectivity index (χ4n) is 1.12. The Hall–Kier alpha value is -1.68. The van der Waals surface area contributed by atoms with Crippen LogP contribution in [0, 0.1) is 12.3 Å². The Balaban J connectivity index is 0.000000366. The highest BCUT2D eigenvalue weighted by Crippen LogP contribution is 2.04. The van der Waals surface area contributed by atoms with Crippen molar-refractivity contribution < 1.29 is 9.53 Å². The zero-order valence-corrected chi connectivity index (χ0v) is 10.9. The average molecular weight is 236 g/mol. The molecule has 0 aliphatic rings. The molecule has 0 spiro atoms. The number of carbonyl (C=O) groups excluding carboxylic acids is 1. The lowest BCUT2D eigenvalue weighted by atomic mass is 10.1. The molecule has 0 heterocycles. The molecule has 0 aliphatic heterocycles. The van der Waals surface area contributed by atoms with Crippen LogP contribution in [0.5, 0.6) is 0 Å². The topological polar surface area (TPSA) is 53.4 Å². The molecule has 17 heavy (non-hydrogen) atoms. The fourth-order valence-corrected chi connectivity index (χ4v) is 1.12. The number of rotatable bonds is 3. The monoisotopic (exact) mass is 236 g/mol. The fraction of sp³-hybridized carbons (Fsp3) is 0.385. The first-order chi connectivity index (χ1) is 7.99. The van der Waals surface area contributed by atoms with E-state index in [2.05, 4.69) is 54.9 Å². The molecule has 0 bridgehead atoms. The Labute approximate surface area is 103 Å². The Bertz CT molecular complexity index is 345. The smallest absolute Gasteiger partial charge is 0.348 e. The first-order valence-corrected chi connectivity index (χ1v) is 5.28. The summed E-state index contributed by atoms with van der Waals surface area (Å²) in [6.07, 6.45) is 0.611. The summed E-state index contributed by atoms with van der Waals surface area (Å²) in [7, 11) is 5.40. The van der Waals surface area contributed by atoms with E-state index in [1.54, 1.807) is 0 Å². The molecule has 0 fully saturated rings. The van der Waals surface area contributed by atoms with Crippen molar-refractivity contribution in [1.29, 1.82) is 5.41 Å². The first kappa shape index (κ1) is 15.3. The van der Waals surface area contributed by atoms with E-state index in [4.69, 9.17) is 5.41 Å². The zero-order chi connectivity index (χ0) is 13.3. The molecular weight excluding hydrogens is 216 g/mol. The van der Waals surface area contributed by atoms with Gasteiger partial charge in [-0.1, -0.05) is 29.8 Å². The molecule has 0 aromatic heterocycles. The Kier molecular flexibility index (Phi) is 7.63. The summed E-state index contributed by atoms with van der Waals surface area (Å²) in [5.41, 5.74) is 2.70. The summed E-state index contributed by atoms with van der Waals surface area (Å²) in [6, 6.07) is 8.66. The van der Waals surface area contributed by atoms with Crippen LogP contribution in [-0.2, 0) is 16.1 Å². The number of hydrogen-bond acceptors (Lipinski definition) is 4. The van der Waals surface area contributed by atoms with Gasteiger partial charge < -0.3 is 15.0 Å². The van der Waals surface area contributed by atoms with Gasteiger partial charge in [0, 0.05) is 6.54 Å². The van der Waals surface area contributed by atoms with Gasteiger partial charge in [0.1, 0.15) is 6.21 Å². The minimum Gasteiger partial charge on any atom is -0.465 e. The number of carbonyl (C=O) groups is 1. The van der Waals surface area contributed by atoms with E-state index in [9.17, 15) is 4.79 Å². The van der Waals surface area contributed by atoms with Crippen LogP contribution in [0.2, 0.25) is 0 Å². The Morgan fingerprint density at radius 2 is 1.88 bits per heavy atom.